The Kier molecular flexibility index (Phi) is 5.72. The third kappa shape index (κ3) is 3.43. The van der Waals surface area contributed by atoms with Gasteiger partial charge in [-0.05, 0) is 18.4 Å². The molecule has 0 radical (unpaired) electrons. The molecule has 2 aliphatic carbocycles. The molecule has 2 bridgehead atoms. The minimum Gasteiger partial charge on any atom is -0.465 e. The van der Waals surface area contributed by atoms with Crippen LogP contribution in [-0.2, 0) is 42.9 Å². The highest BCUT2D eigenvalue weighted by atomic mass is 16.6. The highest BCUT2D eigenvalue weighted by molar-refractivity contribution is 5.96. The molecule has 7 atom stereocenters. The van der Waals surface area contributed by atoms with Crippen molar-refractivity contribution in [1.29, 1.82) is 0 Å². The van der Waals surface area contributed by atoms with Gasteiger partial charge in [-0.2, -0.15) is 0 Å². The van der Waals surface area contributed by atoms with Gasteiger partial charge in [0.2, 0.25) is 5.78 Å². The number of epoxide rings is 1. The summed E-state index contributed by atoms with van der Waals surface area (Å²) in [6, 6.07) is 0. The first-order valence-corrected chi connectivity index (χ1v) is 11.4. The van der Waals surface area contributed by atoms with Crippen molar-refractivity contribution >= 4 is 23.7 Å². The molecule has 9 heteroatoms. The van der Waals surface area contributed by atoms with Crippen molar-refractivity contribution in [3.63, 3.8) is 0 Å². The van der Waals surface area contributed by atoms with Gasteiger partial charge in [0.1, 0.15) is 18.3 Å². The smallest absolute Gasteiger partial charge is 0.306 e. The largest absolute Gasteiger partial charge is 0.465 e. The van der Waals surface area contributed by atoms with Crippen molar-refractivity contribution in [1.82, 2.24) is 0 Å². The molecule has 0 aromatic heterocycles. The fourth-order valence-corrected chi connectivity index (χ4v) is 6.01. The summed E-state index contributed by atoms with van der Waals surface area (Å²) < 4.78 is 29.1. The Balaban J connectivity index is 1.80. The van der Waals surface area contributed by atoms with E-state index in [0.717, 1.165) is 5.57 Å². The molecule has 4 rings (SSSR count). The minimum absolute atomic E-state index is 0.103. The van der Waals surface area contributed by atoms with E-state index < -0.39 is 52.8 Å². The molecule has 0 aromatic carbocycles. The van der Waals surface area contributed by atoms with Crippen LogP contribution in [0.2, 0.25) is 0 Å². The maximum atomic E-state index is 13.4. The van der Waals surface area contributed by atoms with Gasteiger partial charge in [-0.1, -0.05) is 26.8 Å². The number of fused-ring (bicyclic) bond motifs is 2. The van der Waals surface area contributed by atoms with E-state index in [1.807, 2.05) is 33.8 Å². The number of carbonyl (C=O) groups is 4. The van der Waals surface area contributed by atoms with Crippen LogP contribution in [0.5, 0.6) is 0 Å². The van der Waals surface area contributed by atoms with Crippen molar-refractivity contribution in [2.75, 3.05) is 13.2 Å². The number of hydrogen-bond acceptors (Lipinski definition) is 9. The van der Waals surface area contributed by atoms with Gasteiger partial charge in [0.15, 0.2) is 12.2 Å². The van der Waals surface area contributed by atoms with Crippen LogP contribution >= 0.6 is 0 Å². The van der Waals surface area contributed by atoms with Crippen molar-refractivity contribution in [3.05, 3.63) is 11.6 Å². The van der Waals surface area contributed by atoms with Gasteiger partial charge in [0.05, 0.1) is 23.5 Å². The van der Waals surface area contributed by atoms with Crippen LogP contribution in [0.1, 0.15) is 54.4 Å². The molecule has 2 aliphatic heterocycles. The van der Waals surface area contributed by atoms with E-state index in [1.54, 1.807) is 0 Å². The van der Waals surface area contributed by atoms with Crippen LogP contribution in [-0.4, -0.2) is 66.9 Å². The van der Waals surface area contributed by atoms with Crippen molar-refractivity contribution < 1.29 is 42.9 Å². The lowest BCUT2D eigenvalue weighted by Crippen LogP contribution is -2.68. The monoisotopic (exact) mass is 464 g/mol. The Hall–Kier alpha value is -2.26. The maximum Gasteiger partial charge on any atom is 0.306 e. The van der Waals surface area contributed by atoms with Crippen LogP contribution in [0.4, 0.5) is 0 Å². The zero-order valence-electron chi connectivity index (χ0n) is 20.0. The molecule has 3 fully saturated rings. The second-order valence-electron chi connectivity index (χ2n) is 10.3. The first-order chi connectivity index (χ1) is 15.4. The number of hydrogen-bond donors (Lipinski definition) is 0. The summed E-state index contributed by atoms with van der Waals surface area (Å²) in [6.07, 6.45) is -0.925. The van der Waals surface area contributed by atoms with E-state index in [1.165, 1.54) is 13.8 Å². The molecule has 9 nitrogen and oxygen atoms in total. The lowest BCUT2D eigenvalue weighted by atomic mass is 9.51. The van der Waals surface area contributed by atoms with Crippen LogP contribution < -0.4 is 0 Å². The summed E-state index contributed by atoms with van der Waals surface area (Å²) in [5.41, 5.74) is -2.29. The number of ketones is 1. The molecule has 4 aliphatic rings. The predicted octanol–water partition coefficient (Wildman–Crippen LogP) is 1.90. The number of rotatable bonds is 6. The van der Waals surface area contributed by atoms with Gasteiger partial charge >= 0.3 is 17.9 Å². The minimum atomic E-state index is -1.14. The van der Waals surface area contributed by atoms with E-state index in [0.29, 0.717) is 0 Å². The summed E-state index contributed by atoms with van der Waals surface area (Å²) in [7, 11) is 0. The van der Waals surface area contributed by atoms with E-state index in [4.69, 9.17) is 23.7 Å². The molecule has 1 spiro atoms. The lowest BCUT2D eigenvalue weighted by Gasteiger charge is -2.58. The summed E-state index contributed by atoms with van der Waals surface area (Å²) in [6.45, 7) is 10.3. The highest BCUT2D eigenvalue weighted by Crippen LogP contribution is 2.71. The van der Waals surface area contributed by atoms with Crippen LogP contribution in [0, 0.1) is 16.7 Å². The second-order valence-corrected chi connectivity index (χ2v) is 10.3. The molecule has 2 heterocycles. The molecule has 182 valence electrons. The van der Waals surface area contributed by atoms with Crippen LogP contribution in [0.25, 0.3) is 0 Å². The first kappa shape index (κ1) is 23.9. The fraction of sp³-hybridized carbons (Fsp3) is 0.750. The average molecular weight is 465 g/mol. The summed E-state index contributed by atoms with van der Waals surface area (Å²) in [5.74, 6) is -1.65. The Morgan fingerprint density at radius 1 is 1.18 bits per heavy atom. The predicted molar refractivity (Wildman–Crippen MR) is 113 cm³/mol. The van der Waals surface area contributed by atoms with Gasteiger partial charge < -0.3 is 23.7 Å². The zero-order valence-corrected chi connectivity index (χ0v) is 20.0. The molecular formula is C24H32O9. The maximum absolute atomic E-state index is 13.4. The molecule has 0 unspecified atom stereocenters. The van der Waals surface area contributed by atoms with Gasteiger partial charge in [-0.25, -0.2) is 0 Å². The molecule has 0 N–H and O–H groups in total. The van der Waals surface area contributed by atoms with Gasteiger partial charge in [-0.3, -0.25) is 19.2 Å². The molecule has 0 amide bonds. The van der Waals surface area contributed by atoms with E-state index in [2.05, 4.69) is 0 Å². The molecular weight excluding hydrogens is 432 g/mol. The Labute approximate surface area is 193 Å². The molecule has 33 heavy (non-hydrogen) atoms. The summed E-state index contributed by atoms with van der Waals surface area (Å²) >= 11 is 0. The standard InChI is InChI=1S/C24H32O9/c1-12(2)7-18(27)32-16-9-23(10-29-14(4)25)17(8-13(16)3)33-21-19(28)20(31-15(5)26)22(23,6)24(21)11-30-24/h8,12,16-17,20-21H,7,9-11H2,1-6H3/t16-,17+,20+,21+,22+,23+,24-/m0/s1. The van der Waals surface area contributed by atoms with Crippen molar-refractivity contribution in [2.45, 2.75) is 84.4 Å². The van der Waals surface area contributed by atoms with Crippen molar-refractivity contribution in [3.8, 4) is 0 Å². The lowest BCUT2D eigenvalue weighted by molar-refractivity contribution is -0.240. The Morgan fingerprint density at radius 3 is 2.39 bits per heavy atom. The first-order valence-electron chi connectivity index (χ1n) is 11.4. The van der Waals surface area contributed by atoms with E-state index in [-0.39, 0.29) is 43.7 Å². The number of ether oxygens (including phenoxy) is 5. The Morgan fingerprint density at radius 2 is 1.85 bits per heavy atom. The van der Waals surface area contributed by atoms with E-state index in [9.17, 15) is 19.2 Å². The van der Waals surface area contributed by atoms with Crippen molar-refractivity contribution in [2.24, 2.45) is 16.7 Å². The average Bonchev–Trinajstić information content (AvgIpc) is 3.48. The third-order valence-corrected chi connectivity index (χ3v) is 7.80. The summed E-state index contributed by atoms with van der Waals surface area (Å²) in [5, 5.41) is 0. The number of Topliss-reactive ketones (excluding diaryl/α,β-unsaturated/α-hetero) is 1. The van der Waals surface area contributed by atoms with Gasteiger partial charge in [0, 0.05) is 26.7 Å². The highest BCUT2D eigenvalue weighted by Gasteiger charge is 2.86. The summed E-state index contributed by atoms with van der Waals surface area (Å²) in [4.78, 5) is 49.7. The molecule has 2 saturated heterocycles. The van der Waals surface area contributed by atoms with Gasteiger partial charge in [-0.15, -0.1) is 0 Å². The van der Waals surface area contributed by atoms with Crippen LogP contribution in [0.3, 0.4) is 0 Å². The third-order valence-electron chi connectivity index (χ3n) is 7.80. The van der Waals surface area contributed by atoms with Gasteiger partial charge in [0.25, 0.3) is 0 Å². The van der Waals surface area contributed by atoms with E-state index >= 15 is 0 Å². The second kappa shape index (κ2) is 7.91. The Bertz CT molecular complexity index is 917. The number of esters is 3. The fourth-order valence-electron chi connectivity index (χ4n) is 6.01. The SMILES string of the molecule is CC(=O)OC[C@]12C[C@H](OC(=O)CC(C)C)C(C)=C[C@H]1O[C@@H]1C(=O)[C@@H](OC(C)=O)[C@@]2(C)[C@]12CO2. The molecule has 0 aromatic rings. The number of carbonyl (C=O) groups excluding carboxylic acids is 4. The zero-order chi connectivity index (χ0) is 24.3. The normalized spacial score (nSPS) is 40.8. The quantitative estimate of drug-likeness (QED) is 0.251. The topological polar surface area (TPSA) is 118 Å². The van der Waals surface area contributed by atoms with Crippen LogP contribution in [0.15, 0.2) is 11.6 Å². The molecule has 1 saturated carbocycles.